The molecule has 17 heavy (non-hydrogen) atoms. The maximum absolute atomic E-state index is 5.64. The fraction of sp³-hybridized carbons (Fsp3) is 0.0909. The van der Waals surface area contributed by atoms with E-state index in [0.29, 0.717) is 0 Å². The van der Waals surface area contributed by atoms with Crippen LogP contribution in [0.3, 0.4) is 0 Å². The van der Waals surface area contributed by atoms with Gasteiger partial charge in [-0.05, 0) is 36.4 Å². The number of aromatic amines is 1. The van der Waals surface area contributed by atoms with Crippen molar-refractivity contribution in [2.45, 2.75) is 16.4 Å². The normalized spacial score (nSPS) is 11.1. The fourth-order valence-corrected chi connectivity index (χ4v) is 3.23. The highest BCUT2D eigenvalue weighted by Gasteiger charge is 2.07. The van der Waals surface area contributed by atoms with E-state index in [1.165, 1.54) is 28.7 Å². The largest absolute Gasteiger partial charge is 0.389 e. The standard InChI is InChI=1S/C11H10N4S2/c1-6-2-3-7-8(4-6)15-10(14-7)17-11-13-5-9(12)16-11/h2-5H,12H2,1H3,(H,14,15). The van der Waals surface area contributed by atoms with Crippen LogP contribution in [0.5, 0.6) is 0 Å². The number of nitrogens with zero attached hydrogens (tertiary/aromatic N) is 2. The minimum Gasteiger partial charge on any atom is -0.389 e. The summed E-state index contributed by atoms with van der Waals surface area (Å²) >= 11 is 2.97. The highest BCUT2D eigenvalue weighted by molar-refractivity contribution is 8.00. The van der Waals surface area contributed by atoms with E-state index in [1.807, 2.05) is 6.07 Å². The van der Waals surface area contributed by atoms with Crippen LogP contribution < -0.4 is 5.73 Å². The van der Waals surface area contributed by atoms with Crippen molar-refractivity contribution in [2.24, 2.45) is 0 Å². The van der Waals surface area contributed by atoms with Gasteiger partial charge in [-0.1, -0.05) is 17.4 Å². The third-order valence-corrected chi connectivity index (χ3v) is 4.09. The molecule has 0 atom stereocenters. The van der Waals surface area contributed by atoms with Gasteiger partial charge in [0.15, 0.2) is 9.50 Å². The van der Waals surface area contributed by atoms with Crippen LogP contribution in [-0.4, -0.2) is 15.0 Å². The average Bonchev–Trinajstić information content (AvgIpc) is 2.84. The van der Waals surface area contributed by atoms with Crippen LogP contribution >= 0.6 is 23.1 Å². The van der Waals surface area contributed by atoms with E-state index in [1.54, 1.807) is 6.20 Å². The molecule has 86 valence electrons. The van der Waals surface area contributed by atoms with E-state index in [2.05, 4.69) is 34.0 Å². The van der Waals surface area contributed by atoms with Crippen molar-refractivity contribution in [2.75, 3.05) is 5.73 Å². The molecule has 0 unspecified atom stereocenters. The van der Waals surface area contributed by atoms with Crippen molar-refractivity contribution >= 4 is 39.1 Å². The average molecular weight is 262 g/mol. The predicted octanol–water partition coefficient (Wildman–Crippen LogP) is 3.06. The molecule has 0 saturated carbocycles. The second-order valence-electron chi connectivity index (χ2n) is 3.69. The molecule has 6 heteroatoms. The lowest BCUT2D eigenvalue weighted by Crippen LogP contribution is -1.73. The molecule has 0 aliphatic heterocycles. The van der Waals surface area contributed by atoms with Crippen LogP contribution in [0.15, 0.2) is 33.9 Å². The Morgan fingerprint density at radius 3 is 3.06 bits per heavy atom. The lowest BCUT2D eigenvalue weighted by Gasteiger charge is -1.89. The van der Waals surface area contributed by atoms with Crippen LogP contribution in [0.25, 0.3) is 11.0 Å². The molecule has 1 aromatic carbocycles. The van der Waals surface area contributed by atoms with Gasteiger partial charge in [-0.2, -0.15) is 0 Å². The zero-order valence-corrected chi connectivity index (χ0v) is 10.7. The number of thiazole rings is 1. The molecule has 3 rings (SSSR count). The number of hydrogen-bond donors (Lipinski definition) is 2. The van der Waals surface area contributed by atoms with Crippen LogP contribution in [-0.2, 0) is 0 Å². The smallest absolute Gasteiger partial charge is 0.173 e. The molecule has 4 nitrogen and oxygen atoms in total. The highest BCUT2D eigenvalue weighted by Crippen LogP contribution is 2.31. The van der Waals surface area contributed by atoms with Crippen LogP contribution in [0, 0.1) is 6.92 Å². The Kier molecular flexibility index (Phi) is 2.53. The number of anilines is 1. The summed E-state index contributed by atoms with van der Waals surface area (Å²) < 4.78 is 0.901. The summed E-state index contributed by atoms with van der Waals surface area (Å²) in [6.45, 7) is 2.06. The van der Waals surface area contributed by atoms with Crippen molar-refractivity contribution in [3.8, 4) is 0 Å². The zero-order valence-electron chi connectivity index (χ0n) is 9.10. The van der Waals surface area contributed by atoms with Gasteiger partial charge >= 0.3 is 0 Å². The predicted molar refractivity (Wildman–Crippen MR) is 71.5 cm³/mol. The van der Waals surface area contributed by atoms with Gasteiger partial charge in [0.2, 0.25) is 0 Å². The van der Waals surface area contributed by atoms with Gasteiger partial charge in [0, 0.05) is 0 Å². The molecule has 2 heterocycles. The van der Waals surface area contributed by atoms with Crippen molar-refractivity contribution in [3.63, 3.8) is 0 Å². The van der Waals surface area contributed by atoms with E-state index in [0.717, 1.165) is 25.5 Å². The van der Waals surface area contributed by atoms with Gasteiger partial charge in [-0.15, -0.1) is 0 Å². The molecular formula is C11H10N4S2. The fourth-order valence-electron chi connectivity index (χ4n) is 1.55. The van der Waals surface area contributed by atoms with Gasteiger partial charge in [-0.25, -0.2) is 9.97 Å². The number of nitrogen functional groups attached to an aromatic ring is 1. The molecule has 0 saturated heterocycles. The second-order valence-corrected chi connectivity index (χ2v) is 5.99. The minimum atomic E-state index is 0.722. The quantitative estimate of drug-likeness (QED) is 0.745. The van der Waals surface area contributed by atoms with Crippen molar-refractivity contribution < 1.29 is 0 Å². The second kappa shape index (κ2) is 4.05. The Morgan fingerprint density at radius 1 is 1.41 bits per heavy atom. The number of hydrogen-bond acceptors (Lipinski definition) is 5. The summed E-state index contributed by atoms with van der Waals surface area (Å²) in [5.41, 5.74) is 8.89. The molecule has 0 fully saturated rings. The first-order valence-corrected chi connectivity index (χ1v) is 6.69. The van der Waals surface area contributed by atoms with Crippen molar-refractivity contribution in [1.29, 1.82) is 0 Å². The number of imidazole rings is 1. The number of nitrogens with two attached hydrogens (primary N) is 1. The molecular weight excluding hydrogens is 252 g/mol. The van der Waals surface area contributed by atoms with Crippen LogP contribution in [0.1, 0.15) is 5.56 Å². The summed E-state index contributed by atoms with van der Waals surface area (Å²) in [6, 6.07) is 6.16. The van der Waals surface area contributed by atoms with E-state index < -0.39 is 0 Å². The maximum Gasteiger partial charge on any atom is 0.173 e. The van der Waals surface area contributed by atoms with Crippen molar-refractivity contribution in [1.82, 2.24) is 15.0 Å². The molecule has 3 aromatic rings. The number of aryl methyl sites for hydroxylation is 1. The van der Waals surface area contributed by atoms with Gasteiger partial charge in [0.1, 0.15) is 5.00 Å². The maximum atomic E-state index is 5.64. The van der Waals surface area contributed by atoms with Gasteiger partial charge in [0.25, 0.3) is 0 Å². The minimum absolute atomic E-state index is 0.722. The van der Waals surface area contributed by atoms with E-state index >= 15 is 0 Å². The Morgan fingerprint density at radius 2 is 2.29 bits per heavy atom. The summed E-state index contributed by atoms with van der Waals surface area (Å²) in [6.07, 6.45) is 1.67. The van der Waals surface area contributed by atoms with Gasteiger partial charge in [0.05, 0.1) is 17.2 Å². The molecule has 0 aliphatic carbocycles. The molecule has 0 amide bonds. The number of rotatable bonds is 2. The first-order valence-electron chi connectivity index (χ1n) is 5.06. The third kappa shape index (κ3) is 2.13. The Bertz CT molecular complexity index is 671. The highest BCUT2D eigenvalue weighted by atomic mass is 32.2. The van der Waals surface area contributed by atoms with Crippen molar-refractivity contribution in [3.05, 3.63) is 30.0 Å². The zero-order chi connectivity index (χ0) is 11.8. The third-order valence-electron chi connectivity index (χ3n) is 2.30. The molecule has 0 bridgehead atoms. The lowest BCUT2D eigenvalue weighted by atomic mass is 10.2. The SMILES string of the molecule is Cc1ccc2nc(Sc3ncc(N)s3)[nH]c2c1. The number of aromatic nitrogens is 3. The topological polar surface area (TPSA) is 67.6 Å². The number of H-pyrrole nitrogens is 1. The Balaban J connectivity index is 1.95. The number of nitrogens with one attached hydrogen (secondary N) is 1. The van der Waals surface area contributed by atoms with E-state index in [-0.39, 0.29) is 0 Å². The molecule has 0 spiro atoms. The molecule has 0 radical (unpaired) electrons. The summed E-state index contributed by atoms with van der Waals surface area (Å²) in [7, 11) is 0. The first kappa shape index (κ1) is 10.6. The monoisotopic (exact) mass is 262 g/mol. The Labute approximate surface area is 106 Å². The molecule has 0 aliphatic rings. The molecule has 2 aromatic heterocycles. The summed E-state index contributed by atoms with van der Waals surface area (Å²) in [5.74, 6) is 0. The lowest BCUT2D eigenvalue weighted by molar-refractivity contribution is 1.07. The number of fused-ring (bicyclic) bond motifs is 1. The van der Waals surface area contributed by atoms with Gasteiger partial charge < -0.3 is 10.7 Å². The van der Waals surface area contributed by atoms with Crippen LogP contribution in [0.2, 0.25) is 0 Å². The Hall–Kier alpha value is -1.53. The van der Waals surface area contributed by atoms with E-state index in [9.17, 15) is 0 Å². The molecule has 3 N–H and O–H groups in total. The first-order chi connectivity index (χ1) is 8.20. The van der Waals surface area contributed by atoms with E-state index in [4.69, 9.17) is 5.73 Å². The van der Waals surface area contributed by atoms with Gasteiger partial charge in [-0.3, -0.25) is 0 Å². The van der Waals surface area contributed by atoms with Crippen LogP contribution in [0.4, 0.5) is 5.00 Å². The summed E-state index contributed by atoms with van der Waals surface area (Å²) in [4.78, 5) is 12.0. The summed E-state index contributed by atoms with van der Waals surface area (Å²) in [5, 5.41) is 1.57. The number of benzene rings is 1.